The molecule has 0 aromatic rings. The van der Waals surface area contributed by atoms with Crippen molar-refractivity contribution in [2.45, 2.75) is 117 Å². The predicted octanol–water partition coefficient (Wildman–Crippen LogP) is -1.67. The largest absolute Gasteiger partial charge is 0.481 e. The highest BCUT2D eigenvalue weighted by Crippen LogP contribution is 2.11. The van der Waals surface area contributed by atoms with Gasteiger partial charge in [0.1, 0.15) is 30.2 Å². The molecular formula is C29H51N7O10. The molecule has 6 unspecified atom stereocenters. The molecule has 0 spiro atoms. The van der Waals surface area contributed by atoms with Crippen molar-refractivity contribution >= 4 is 47.4 Å². The Morgan fingerprint density at radius 2 is 1.04 bits per heavy atom. The van der Waals surface area contributed by atoms with Gasteiger partial charge in [-0.15, -0.1) is 0 Å². The number of carbonyl (C=O) groups excluding carboxylic acids is 6. The predicted molar refractivity (Wildman–Crippen MR) is 165 cm³/mol. The first-order valence-corrected chi connectivity index (χ1v) is 15.2. The van der Waals surface area contributed by atoms with Gasteiger partial charge in [-0.2, -0.15) is 0 Å². The minimum atomic E-state index is -1.44. The minimum Gasteiger partial charge on any atom is -0.481 e. The molecule has 6 atom stereocenters. The van der Waals surface area contributed by atoms with Crippen LogP contribution in [0.1, 0.15) is 80.6 Å². The SMILES string of the molecule is CC(C)CC(NC(=O)C(N)CC(=O)O)C(=O)NC(CCC(N)=O)C(=O)NC(C(=O)NC(CC(C)C)C(=O)NC(C)C(=O)O)C(C)C. The lowest BCUT2D eigenvalue weighted by Crippen LogP contribution is -2.60. The van der Waals surface area contributed by atoms with Crippen molar-refractivity contribution < 1.29 is 48.6 Å². The zero-order valence-corrected chi connectivity index (χ0v) is 27.5. The van der Waals surface area contributed by atoms with Crippen LogP contribution < -0.4 is 38.1 Å². The number of carboxylic acid groups (broad SMARTS) is 2. The molecule has 0 heterocycles. The van der Waals surface area contributed by atoms with Crippen LogP contribution >= 0.6 is 0 Å². The van der Waals surface area contributed by atoms with Crippen LogP contribution in [0.25, 0.3) is 0 Å². The summed E-state index contributed by atoms with van der Waals surface area (Å²) in [4.78, 5) is 99.1. The Balaban J connectivity index is 6.04. The number of rotatable bonds is 21. The Bertz CT molecular complexity index is 1110. The molecule has 0 radical (unpaired) electrons. The fraction of sp³-hybridized carbons (Fsp3) is 0.724. The third-order valence-corrected chi connectivity index (χ3v) is 6.70. The van der Waals surface area contributed by atoms with Gasteiger partial charge in [-0.1, -0.05) is 41.5 Å². The number of aliphatic carboxylic acids is 2. The quantitative estimate of drug-likeness (QED) is 0.0672. The molecule has 0 saturated heterocycles. The average molecular weight is 658 g/mol. The van der Waals surface area contributed by atoms with E-state index in [2.05, 4.69) is 26.6 Å². The number of carboxylic acids is 2. The zero-order valence-electron chi connectivity index (χ0n) is 27.5. The molecular weight excluding hydrogens is 606 g/mol. The van der Waals surface area contributed by atoms with E-state index in [0.29, 0.717) is 0 Å². The maximum atomic E-state index is 13.4. The van der Waals surface area contributed by atoms with E-state index in [1.807, 2.05) is 0 Å². The van der Waals surface area contributed by atoms with E-state index in [-0.39, 0.29) is 37.5 Å². The smallest absolute Gasteiger partial charge is 0.325 e. The number of hydrogen-bond donors (Lipinski definition) is 9. The highest BCUT2D eigenvalue weighted by atomic mass is 16.4. The number of hydrogen-bond acceptors (Lipinski definition) is 9. The van der Waals surface area contributed by atoms with Crippen LogP contribution in [-0.2, 0) is 38.4 Å². The van der Waals surface area contributed by atoms with E-state index >= 15 is 0 Å². The Hall–Kier alpha value is -4.28. The molecule has 0 fully saturated rings. The Morgan fingerprint density at radius 3 is 1.46 bits per heavy atom. The monoisotopic (exact) mass is 657 g/mol. The van der Waals surface area contributed by atoms with Crippen LogP contribution in [0, 0.1) is 17.8 Å². The maximum absolute atomic E-state index is 13.4. The molecule has 0 aromatic heterocycles. The molecule has 6 amide bonds. The van der Waals surface area contributed by atoms with Crippen molar-refractivity contribution in [1.29, 1.82) is 0 Å². The van der Waals surface area contributed by atoms with Crippen LogP contribution in [0.4, 0.5) is 0 Å². The molecule has 17 nitrogen and oxygen atoms in total. The van der Waals surface area contributed by atoms with Crippen molar-refractivity contribution in [2.75, 3.05) is 0 Å². The molecule has 0 bridgehead atoms. The summed E-state index contributed by atoms with van der Waals surface area (Å²) in [5, 5.41) is 30.4. The van der Waals surface area contributed by atoms with E-state index in [1.54, 1.807) is 41.5 Å². The Kier molecular flexibility index (Phi) is 18.1. The van der Waals surface area contributed by atoms with Gasteiger partial charge in [-0.3, -0.25) is 38.4 Å². The van der Waals surface area contributed by atoms with Gasteiger partial charge in [0.25, 0.3) is 0 Å². The van der Waals surface area contributed by atoms with E-state index in [4.69, 9.17) is 21.7 Å². The normalized spacial score (nSPS) is 15.1. The summed E-state index contributed by atoms with van der Waals surface area (Å²) < 4.78 is 0. The standard InChI is InChI=1S/C29H51N7O10/c1-13(2)10-19(26(42)32-16(7)29(45)46)35-28(44)23(15(5)6)36-25(41)18(8-9-21(31)37)33-27(43)20(11-14(3)4)34-24(40)17(30)12-22(38)39/h13-20,23H,8-12,30H2,1-7H3,(H2,31,37)(H,32,42)(H,33,43)(H,34,40)(H,35,44)(H,36,41)(H,38,39)(H,45,46). The van der Waals surface area contributed by atoms with Crippen molar-refractivity contribution in [1.82, 2.24) is 26.6 Å². The van der Waals surface area contributed by atoms with E-state index in [9.17, 15) is 38.4 Å². The molecule has 262 valence electrons. The lowest BCUT2D eigenvalue weighted by atomic mass is 9.98. The Morgan fingerprint density at radius 1 is 0.609 bits per heavy atom. The van der Waals surface area contributed by atoms with Crippen molar-refractivity contribution in [3.8, 4) is 0 Å². The molecule has 17 heteroatoms. The van der Waals surface area contributed by atoms with E-state index in [0.717, 1.165) is 0 Å². The summed E-state index contributed by atoms with van der Waals surface area (Å²) in [5.41, 5.74) is 10.9. The van der Waals surface area contributed by atoms with Gasteiger partial charge in [0, 0.05) is 6.42 Å². The second-order valence-corrected chi connectivity index (χ2v) is 12.5. The molecule has 0 rings (SSSR count). The molecule has 11 N–H and O–H groups in total. The molecule has 0 saturated carbocycles. The minimum absolute atomic E-state index is 0.0744. The second kappa shape index (κ2) is 20.0. The molecule has 0 aliphatic heterocycles. The number of nitrogens with two attached hydrogens (primary N) is 2. The second-order valence-electron chi connectivity index (χ2n) is 12.5. The van der Waals surface area contributed by atoms with Crippen LogP contribution in [0.2, 0.25) is 0 Å². The van der Waals surface area contributed by atoms with Gasteiger partial charge in [0.15, 0.2) is 0 Å². The fourth-order valence-corrected chi connectivity index (χ4v) is 4.22. The first kappa shape index (κ1) is 41.7. The summed E-state index contributed by atoms with van der Waals surface area (Å²) in [7, 11) is 0. The van der Waals surface area contributed by atoms with Crippen molar-refractivity contribution in [3.63, 3.8) is 0 Å². The van der Waals surface area contributed by atoms with Gasteiger partial charge in [-0.05, 0) is 43.9 Å². The zero-order chi connectivity index (χ0) is 35.9. The van der Waals surface area contributed by atoms with Gasteiger partial charge < -0.3 is 48.3 Å². The van der Waals surface area contributed by atoms with Gasteiger partial charge >= 0.3 is 11.9 Å². The number of carbonyl (C=O) groups is 8. The topological polar surface area (TPSA) is 289 Å². The van der Waals surface area contributed by atoms with Crippen LogP contribution in [0.3, 0.4) is 0 Å². The summed E-state index contributed by atoms with van der Waals surface area (Å²) >= 11 is 0. The first-order valence-electron chi connectivity index (χ1n) is 15.2. The van der Waals surface area contributed by atoms with Gasteiger partial charge in [0.05, 0.1) is 12.5 Å². The fourth-order valence-electron chi connectivity index (χ4n) is 4.22. The summed E-state index contributed by atoms with van der Waals surface area (Å²) in [6, 6.07) is -7.60. The van der Waals surface area contributed by atoms with E-state index < -0.39 is 96.0 Å². The third kappa shape index (κ3) is 16.2. The first-order chi connectivity index (χ1) is 21.2. The maximum Gasteiger partial charge on any atom is 0.325 e. The third-order valence-electron chi connectivity index (χ3n) is 6.70. The molecule has 0 aliphatic rings. The molecule has 46 heavy (non-hydrogen) atoms. The molecule has 0 aliphatic carbocycles. The lowest BCUT2D eigenvalue weighted by Gasteiger charge is -2.29. The highest BCUT2D eigenvalue weighted by molar-refractivity contribution is 5.96. The number of primary amides is 1. The summed E-state index contributed by atoms with van der Waals surface area (Å²) in [5.74, 6) is -8.12. The van der Waals surface area contributed by atoms with Gasteiger partial charge in [0.2, 0.25) is 35.4 Å². The summed E-state index contributed by atoms with van der Waals surface area (Å²) in [6.45, 7) is 11.7. The number of amides is 6. The van der Waals surface area contributed by atoms with Gasteiger partial charge in [-0.25, -0.2) is 0 Å². The van der Waals surface area contributed by atoms with E-state index in [1.165, 1.54) is 6.92 Å². The summed E-state index contributed by atoms with van der Waals surface area (Å²) in [6.07, 6.45) is -0.995. The van der Waals surface area contributed by atoms with Crippen LogP contribution in [0.15, 0.2) is 0 Å². The lowest BCUT2D eigenvalue weighted by molar-refractivity contribution is -0.142. The van der Waals surface area contributed by atoms with Crippen molar-refractivity contribution in [2.24, 2.45) is 29.2 Å². The van der Waals surface area contributed by atoms with Crippen LogP contribution in [0.5, 0.6) is 0 Å². The average Bonchev–Trinajstić information content (AvgIpc) is 2.91. The van der Waals surface area contributed by atoms with Crippen LogP contribution in [-0.4, -0.2) is 93.8 Å². The molecule has 0 aromatic carbocycles. The highest BCUT2D eigenvalue weighted by Gasteiger charge is 2.34. The number of nitrogens with one attached hydrogen (secondary N) is 5. The van der Waals surface area contributed by atoms with Crippen molar-refractivity contribution in [3.05, 3.63) is 0 Å². The Labute approximate surface area is 268 Å².